The van der Waals surface area contributed by atoms with E-state index in [2.05, 4.69) is 0 Å². The molecule has 0 aliphatic rings. The van der Waals surface area contributed by atoms with Gasteiger partial charge in [0.15, 0.2) is 0 Å². The molecule has 3 rings (SSSR count). The van der Waals surface area contributed by atoms with Gasteiger partial charge in [-0.2, -0.15) is 0 Å². The minimum Gasteiger partial charge on any atom is -0.488 e. The van der Waals surface area contributed by atoms with Gasteiger partial charge in [0.2, 0.25) is 0 Å². The van der Waals surface area contributed by atoms with Gasteiger partial charge in [-0.3, -0.25) is 0 Å². The molecule has 3 aromatic rings. The maximum absolute atomic E-state index is 13.3. The molecular formula is C17H13ClFNO. The lowest BCUT2D eigenvalue weighted by Gasteiger charge is -2.11. The molecule has 0 aromatic heterocycles. The van der Waals surface area contributed by atoms with Crippen molar-refractivity contribution in [3.63, 3.8) is 0 Å². The number of benzene rings is 3. The Bertz CT molecular complexity index is 804. The van der Waals surface area contributed by atoms with E-state index >= 15 is 0 Å². The molecule has 0 fully saturated rings. The Labute approximate surface area is 126 Å². The van der Waals surface area contributed by atoms with Crippen LogP contribution in [-0.4, -0.2) is 0 Å². The average Bonchev–Trinajstić information content (AvgIpc) is 2.50. The number of hydrogen-bond donors (Lipinski definition) is 1. The van der Waals surface area contributed by atoms with E-state index in [1.807, 2.05) is 24.3 Å². The summed E-state index contributed by atoms with van der Waals surface area (Å²) in [4.78, 5) is 0. The summed E-state index contributed by atoms with van der Waals surface area (Å²) >= 11 is 6.17. The van der Waals surface area contributed by atoms with Gasteiger partial charge in [0, 0.05) is 27.0 Å². The molecule has 106 valence electrons. The highest BCUT2D eigenvalue weighted by Gasteiger charge is 2.07. The number of anilines is 1. The van der Waals surface area contributed by atoms with Crippen molar-refractivity contribution in [1.29, 1.82) is 0 Å². The zero-order valence-electron chi connectivity index (χ0n) is 11.1. The summed E-state index contributed by atoms with van der Waals surface area (Å²) < 4.78 is 19.0. The maximum atomic E-state index is 13.3. The first-order valence-electron chi connectivity index (χ1n) is 6.49. The Balaban J connectivity index is 1.92. The molecule has 2 N–H and O–H groups in total. The number of nitrogens with two attached hydrogens (primary N) is 1. The van der Waals surface area contributed by atoms with E-state index in [1.54, 1.807) is 12.1 Å². The minimum absolute atomic E-state index is 0.204. The summed E-state index contributed by atoms with van der Waals surface area (Å²) in [6.07, 6.45) is 0. The van der Waals surface area contributed by atoms with E-state index in [4.69, 9.17) is 22.1 Å². The van der Waals surface area contributed by atoms with Gasteiger partial charge >= 0.3 is 0 Å². The molecule has 0 bridgehead atoms. The highest BCUT2D eigenvalue weighted by molar-refractivity contribution is 6.35. The summed E-state index contributed by atoms with van der Waals surface area (Å²) in [5, 5.41) is 2.51. The van der Waals surface area contributed by atoms with E-state index in [0.29, 0.717) is 22.0 Å². The highest BCUT2D eigenvalue weighted by Crippen LogP contribution is 2.32. The zero-order chi connectivity index (χ0) is 14.8. The van der Waals surface area contributed by atoms with Crippen LogP contribution in [-0.2, 0) is 6.61 Å². The number of hydrogen-bond acceptors (Lipinski definition) is 2. The third-order valence-electron chi connectivity index (χ3n) is 3.32. The Hall–Kier alpha value is -2.26. The second-order valence-corrected chi connectivity index (χ2v) is 5.13. The first kappa shape index (κ1) is 13.7. The van der Waals surface area contributed by atoms with Crippen LogP contribution < -0.4 is 10.5 Å². The van der Waals surface area contributed by atoms with Crippen molar-refractivity contribution >= 4 is 28.1 Å². The number of halogens is 2. The third-order valence-corrected chi connectivity index (χ3v) is 3.65. The van der Waals surface area contributed by atoms with Gasteiger partial charge < -0.3 is 10.5 Å². The van der Waals surface area contributed by atoms with Crippen molar-refractivity contribution in [2.45, 2.75) is 6.61 Å². The van der Waals surface area contributed by atoms with Crippen molar-refractivity contribution in [3.05, 3.63) is 71.0 Å². The molecule has 3 aromatic carbocycles. The molecule has 0 aliphatic heterocycles. The highest BCUT2D eigenvalue weighted by atomic mass is 35.5. The smallest absolute Gasteiger partial charge is 0.127 e. The first-order valence-corrected chi connectivity index (χ1v) is 6.87. The molecule has 21 heavy (non-hydrogen) atoms. The quantitative estimate of drug-likeness (QED) is 0.706. The molecule has 0 saturated heterocycles. The summed E-state index contributed by atoms with van der Waals surface area (Å²) in [6.45, 7) is 0.204. The third kappa shape index (κ3) is 2.78. The van der Waals surface area contributed by atoms with E-state index in [1.165, 1.54) is 18.2 Å². The van der Waals surface area contributed by atoms with Crippen LogP contribution in [0.4, 0.5) is 10.1 Å². The number of nitrogen functional groups attached to an aromatic ring is 1. The van der Waals surface area contributed by atoms with E-state index < -0.39 is 0 Å². The summed E-state index contributed by atoms with van der Waals surface area (Å²) in [6, 6.07) is 15.5. The summed E-state index contributed by atoms with van der Waals surface area (Å²) in [5.74, 6) is 0.363. The molecule has 2 nitrogen and oxygen atoms in total. The molecule has 0 saturated carbocycles. The van der Waals surface area contributed by atoms with Crippen molar-refractivity contribution < 1.29 is 9.13 Å². The molecular weight excluding hydrogens is 289 g/mol. The van der Waals surface area contributed by atoms with E-state index in [9.17, 15) is 4.39 Å². The Kier molecular flexibility index (Phi) is 3.67. The molecule has 0 radical (unpaired) electrons. The van der Waals surface area contributed by atoms with E-state index in [0.717, 1.165) is 10.8 Å². The summed E-state index contributed by atoms with van der Waals surface area (Å²) in [7, 11) is 0. The summed E-state index contributed by atoms with van der Waals surface area (Å²) in [5.41, 5.74) is 6.95. The van der Waals surface area contributed by atoms with Gasteiger partial charge in [-0.1, -0.05) is 35.9 Å². The zero-order valence-corrected chi connectivity index (χ0v) is 11.9. The fourth-order valence-corrected chi connectivity index (χ4v) is 2.44. The average molecular weight is 302 g/mol. The molecule has 0 heterocycles. The van der Waals surface area contributed by atoms with Gasteiger partial charge in [-0.15, -0.1) is 0 Å². The lowest BCUT2D eigenvalue weighted by atomic mass is 10.1. The standard InChI is InChI=1S/C17H13ClFNO/c18-15-6-8-17(14-4-2-1-3-13(14)15)21-10-11-9-12(19)5-7-16(11)20/h1-9H,10,20H2. The molecule has 0 spiro atoms. The van der Waals surface area contributed by atoms with Crippen LogP contribution in [0.5, 0.6) is 5.75 Å². The van der Waals surface area contributed by atoms with Gasteiger partial charge in [0.25, 0.3) is 0 Å². The van der Waals surface area contributed by atoms with Crippen LogP contribution >= 0.6 is 11.6 Å². The Morgan fingerprint density at radius 1 is 1.00 bits per heavy atom. The number of rotatable bonds is 3. The Morgan fingerprint density at radius 2 is 1.76 bits per heavy atom. The molecule has 4 heteroatoms. The fourth-order valence-electron chi connectivity index (χ4n) is 2.22. The lowest BCUT2D eigenvalue weighted by Crippen LogP contribution is -2.01. The van der Waals surface area contributed by atoms with E-state index in [-0.39, 0.29) is 12.4 Å². The fraction of sp³-hybridized carbons (Fsp3) is 0.0588. The predicted molar refractivity (Wildman–Crippen MR) is 84.1 cm³/mol. The van der Waals surface area contributed by atoms with Crippen molar-refractivity contribution in [2.75, 3.05) is 5.73 Å². The Morgan fingerprint density at radius 3 is 2.57 bits per heavy atom. The van der Waals surface area contributed by atoms with Crippen molar-refractivity contribution in [2.24, 2.45) is 0 Å². The second kappa shape index (κ2) is 5.62. The SMILES string of the molecule is Nc1ccc(F)cc1COc1ccc(Cl)c2ccccc12. The van der Waals surface area contributed by atoms with Crippen LogP contribution in [0.25, 0.3) is 10.8 Å². The van der Waals surface area contributed by atoms with Crippen LogP contribution in [0.15, 0.2) is 54.6 Å². The largest absolute Gasteiger partial charge is 0.488 e. The maximum Gasteiger partial charge on any atom is 0.127 e. The van der Waals surface area contributed by atoms with Crippen molar-refractivity contribution in [3.8, 4) is 5.75 Å². The number of ether oxygens (including phenoxy) is 1. The van der Waals surface area contributed by atoms with Gasteiger partial charge in [0.1, 0.15) is 18.2 Å². The van der Waals surface area contributed by atoms with Gasteiger partial charge in [0.05, 0.1) is 0 Å². The molecule has 0 atom stereocenters. The molecule has 0 aliphatic carbocycles. The second-order valence-electron chi connectivity index (χ2n) is 4.72. The lowest BCUT2D eigenvalue weighted by molar-refractivity contribution is 0.310. The molecule has 0 unspecified atom stereocenters. The van der Waals surface area contributed by atoms with Crippen LogP contribution in [0, 0.1) is 5.82 Å². The topological polar surface area (TPSA) is 35.2 Å². The van der Waals surface area contributed by atoms with Crippen molar-refractivity contribution in [1.82, 2.24) is 0 Å². The number of fused-ring (bicyclic) bond motifs is 1. The van der Waals surface area contributed by atoms with Gasteiger partial charge in [-0.25, -0.2) is 4.39 Å². The normalized spacial score (nSPS) is 10.8. The van der Waals surface area contributed by atoms with Crippen LogP contribution in [0.1, 0.15) is 5.56 Å². The van der Waals surface area contributed by atoms with Crippen LogP contribution in [0.3, 0.4) is 0 Å². The predicted octanol–water partition coefficient (Wildman–Crippen LogP) is 4.79. The van der Waals surface area contributed by atoms with Crippen LogP contribution in [0.2, 0.25) is 5.02 Å². The van der Waals surface area contributed by atoms with Gasteiger partial charge in [-0.05, 0) is 30.3 Å². The monoisotopic (exact) mass is 301 g/mol. The molecule has 0 amide bonds. The minimum atomic E-state index is -0.330. The first-order chi connectivity index (χ1) is 10.1.